The van der Waals surface area contributed by atoms with Crippen molar-refractivity contribution in [3.8, 4) is 0 Å². The van der Waals surface area contributed by atoms with Crippen molar-refractivity contribution < 1.29 is 9.59 Å². The van der Waals surface area contributed by atoms with E-state index in [0.717, 1.165) is 10.0 Å². The van der Waals surface area contributed by atoms with Gasteiger partial charge in [-0.05, 0) is 24.6 Å². The Morgan fingerprint density at radius 2 is 2.28 bits per heavy atom. The highest BCUT2D eigenvalue weighted by molar-refractivity contribution is 9.10. The highest BCUT2D eigenvalue weighted by Gasteiger charge is 2.24. The third-order valence-electron chi connectivity index (χ3n) is 2.97. The lowest BCUT2D eigenvalue weighted by Crippen LogP contribution is -2.36. The van der Waals surface area contributed by atoms with E-state index in [1.165, 1.54) is 0 Å². The summed E-state index contributed by atoms with van der Waals surface area (Å²) in [6, 6.07) is 3.34. The van der Waals surface area contributed by atoms with Crippen LogP contribution in [0.2, 0.25) is 0 Å². The molecule has 0 bridgehead atoms. The second-order valence-electron chi connectivity index (χ2n) is 4.35. The molecule has 0 radical (unpaired) electrons. The number of halogens is 1. The molecular weight excluding hydrogens is 298 g/mol. The van der Waals surface area contributed by atoms with Crippen molar-refractivity contribution in [2.24, 2.45) is 0 Å². The van der Waals surface area contributed by atoms with Gasteiger partial charge in [0.15, 0.2) is 0 Å². The van der Waals surface area contributed by atoms with Crippen LogP contribution in [0.5, 0.6) is 0 Å². The monoisotopic (exact) mass is 311 g/mol. The van der Waals surface area contributed by atoms with Crippen LogP contribution >= 0.6 is 15.9 Å². The molecule has 1 saturated heterocycles. The molecular formula is C12H14BrN3O2. The molecule has 1 aliphatic heterocycles. The predicted molar refractivity (Wildman–Crippen MR) is 72.2 cm³/mol. The van der Waals surface area contributed by atoms with Gasteiger partial charge in [-0.2, -0.15) is 0 Å². The summed E-state index contributed by atoms with van der Waals surface area (Å²) in [5, 5.41) is 5.50. The third kappa shape index (κ3) is 2.64. The predicted octanol–water partition coefficient (Wildman–Crippen LogP) is 0.958. The quantitative estimate of drug-likeness (QED) is 0.711. The molecule has 0 saturated carbocycles. The summed E-state index contributed by atoms with van der Waals surface area (Å²) in [4.78, 5) is 23.2. The maximum absolute atomic E-state index is 12.1. The van der Waals surface area contributed by atoms with Gasteiger partial charge in [-0.3, -0.25) is 9.59 Å². The molecule has 1 atom stereocenters. The molecule has 96 valence electrons. The number of benzene rings is 1. The number of amides is 2. The molecule has 1 fully saturated rings. The number of rotatable bonds is 2. The maximum atomic E-state index is 12.1. The number of anilines is 1. The summed E-state index contributed by atoms with van der Waals surface area (Å²) < 4.78 is 0.761. The largest absolute Gasteiger partial charge is 0.398 e. The van der Waals surface area contributed by atoms with Gasteiger partial charge in [0.2, 0.25) is 5.91 Å². The first kappa shape index (κ1) is 12.9. The van der Waals surface area contributed by atoms with Crippen molar-refractivity contribution in [3.63, 3.8) is 0 Å². The molecule has 2 amide bonds. The van der Waals surface area contributed by atoms with E-state index < -0.39 is 0 Å². The van der Waals surface area contributed by atoms with E-state index in [-0.39, 0.29) is 17.9 Å². The van der Waals surface area contributed by atoms with Crippen LogP contribution in [0, 0.1) is 6.92 Å². The lowest BCUT2D eigenvalue weighted by Gasteiger charge is -2.13. The van der Waals surface area contributed by atoms with Crippen molar-refractivity contribution in [2.75, 3.05) is 12.3 Å². The van der Waals surface area contributed by atoms with Crippen molar-refractivity contribution in [1.29, 1.82) is 0 Å². The average Bonchev–Trinajstić information content (AvgIpc) is 2.69. The molecule has 1 aromatic rings. The minimum atomic E-state index is -0.206. The van der Waals surface area contributed by atoms with Crippen molar-refractivity contribution in [1.82, 2.24) is 10.6 Å². The Morgan fingerprint density at radius 3 is 2.89 bits per heavy atom. The van der Waals surface area contributed by atoms with E-state index in [2.05, 4.69) is 26.6 Å². The Labute approximate surface area is 113 Å². The molecule has 5 nitrogen and oxygen atoms in total. The summed E-state index contributed by atoms with van der Waals surface area (Å²) in [7, 11) is 0. The van der Waals surface area contributed by atoms with Crippen LogP contribution in [0.15, 0.2) is 16.6 Å². The normalized spacial score (nSPS) is 18.6. The number of carbonyl (C=O) groups excluding carboxylic acids is 2. The molecule has 2 rings (SSSR count). The first-order valence-corrected chi connectivity index (χ1v) is 6.40. The number of hydrogen-bond acceptors (Lipinski definition) is 3. The fourth-order valence-corrected chi connectivity index (χ4v) is 2.38. The molecule has 1 heterocycles. The number of nitrogens with one attached hydrogen (secondary N) is 2. The summed E-state index contributed by atoms with van der Waals surface area (Å²) in [5.74, 6) is -0.243. The zero-order valence-corrected chi connectivity index (χ0v) is 11.5. The second-order valence-corrected chi connectivity index (χ2v) is 5.26. The van der Waals surface area contributed by atoms with Crippen LogP contribution in [0.3, 0.4) is 0 Å². The van der Waals surface area contributed by atoms with Crippen molar-refractivity contribution in [3.05, 3.63) is 27.7 Å². The summed E-state index contributed by atoms with van der Waals surface area (Å²) in [6.45, 7) is 2.28. The van der Waals surface area contributed by atoms with Gasteiger partial charge in [-0.1, -0.05) is 15.9 Å². The molecule has 6 heteroatoms. The molecule has 0 spiro atoms. The molecule has 18 heavy (non-hydrogen) atoms. The molecule has 0 aliphatic carbocycles. The van der Waals surface area contributed by atoms with Crippen LogP contribution in [0.1, 0.15) is 22.3 Å². The number of nitrogen functional groups attached to an aromatic ring is 1. The number of nitrogens with two attached hydrogens (primary N) is 1. The highest BCUT2D eigenvalue weighted by Crippen LogP contribution is 2.22. The standard InChI is InChI=1S/C12H14BrN3O2/c1-6-9(2-7(13)3-10(6)14)12(18)16-8-4-11(17)15-5-8/h2-3,8H,4-5,14H2,1H3,(H,15,17)(H,16,18). The van der Waals surface area contributed by atoms with E-state index in [4.69, 9.17) is 5.73 Å². The van der Waals surface area contributed by atoms with E-state index >= 15 is 0 Å². The van der Waals surface area contributed by atoms with Crippen molar-refractivity contribution in [2.45, 2.75) is 19.4 Å². The van der Waals surface area contributed by atoms with E-state index in [9.17, 15) is 9.59 Å². The zero-order chi connectivity index (χ0) is 13.3. The van der Waals surface area contributed by atoms with E-state index in [0.29, 0.717) is 24.2 Å². The molecule has 1 unspecified atom stereocenters. The summed E-state index contributed by atoms with van der Waals surface area (Å²) >= 11 is 3.31. The van der Waals surface area contributed by atoms with Gasteiger partial charge in [0.05, 0.1) is 6.04 Å². The SMILES string of the molecule is Cc1c(N)cc(Br)cc1C(=O)NC1CNC(=O)C1. The Morgan fingerprint density at radius 1 is 1.56 bits per heavy atom. The minimum absolute atomic E-state index is 0.0363. The van der Waals surface area contributed by atoms with Crippen LogP contribution in [0.4, 0.5) is 5.69 Å². The van der Waals surface area contributed by atoms with Crippen LogP contribution in [-0.4, -0.2) is 24.4 Å². The van der Waals surface area contributed by atoms with Gasteiger partial charge in [0.1, 0.15) is 0 Å². The Kier molecular flexibility index (Phi) is 3.56. The van der Waals surface area contributed by atoms with Gasteiger partial charge < -0.3 is 16.4 Å². The minimum Gasteiger partial charge on any atom is -0.398 e. The topological polar surface area (TPSA) is 84.2 Å². The molecule has 0 aromatic heterocycles. The van der Waals surface area contributed by atoms with Crippen LogP contribution < -0.4 is 16.4 Å². The van der Waals surface area contributed by atoms with Gasteiger partial charge in [-0.25, -0.2) is 0 Å². The van der Waals surface area contributed by atoms with Crippen LogP contribution in [0.25, 0.3) is 0 Å². The second kappa shape index (κ2) is 4.97. The fraction of sp³-hybridized carbons (Fsp3) is 0.333. The van der Waals surface area contributed by atoms with Gasteiger partial charge in [0, 0.05) is 28.7 Å². The van der Waals surface area contributed by atoms with Crippen molar-refractivity contribution >= 4 is 33.4 Å². The first-order valence-electron chi connectivity index (χ1n) is 5.60. The smallest absolute Gasteiger partial charge is 0.251 e. The van der Waals surface area contributed by atoms with Gasteiger partial charge in [-0.15, -0.1) is 0 Å². The van der Waals surface area contributed by atoms with E-state index in [1.54, 1.807) is 19.1 Å². The molecule has 1 aromatic carbocycles. The summed E-state index contributed by atoms with van der Waals surface area (Å²) in [6.07, 6.45) is 0.328. The average molecular weight is 312 g/mol. The van der Waals surface area contributed by atoms with Gasteiger partial charge in [0.25, 0.3) is 5.91 Å². The Hall–Kier alpha value is -1.56. The molecule has 1 aliphatic rings. The van der Waals surface area contributed by atoms with Gasteiger partial charge >= 0.3 is 0 Å². The Bertz CT molecular complexity index is 516. The van der Waals surface area contributed by atoms with Crippen LogP contribution in [-0.2, 0) is 4.79 Å². The fourth-order valence-electron chi connectivity index (χ4n) is 1.91. The lowest BCUT2D eigenvalue weighted by molar-refractivity contribution is -0.119. The Balaban J connectivity index is 2.16. The van der Waals surface area contributed by atoms with E-state index in [1.807, 2.05) is 0 Å². The number of carbonyl (C=O) groups is 2. The molecule has 4 N–H and O–H groups in total. The summed E-state index contributed by atoms with van der Waals surface area (Å²) in [5.41, 5.74) is 7.65. The third-order valence-corrected chi connectivity index (χ3v) is 3.43. The highest BCUT2D eigenvalue weighted by atomic mass is 79.9. The maximum Gasteiger partial charge on any atom is 0.251 e. The zero-order valence-electron chi connectivity index (χ0n) is 9.92. The first-order chi connectivity index (χ1) is 8.47. The lowest BCUT2D eigenvalue weighted by atomic mass is 10.1. The number of hydrogen-bond donors (Lipinski definition) is 3.